The number of ether oxygens (including phenoxy) is 1. The van der Waals surface area contributed by atoms with Gasteiger partial charge in [-0.2, -0.15) is 0 Å². The lowest BCUT2D eigenvalue weighted by Gasteiger charge is -2.06. The number of nitrogens with zero attached hydrogens (tertiary/aromatic N) is 2. The number of carbonyl (C=O) groups excluding carboxylic acids is 1. The maximum Gasteiger partial charge on any atom is 0.411 e. The van der Waals surface area contributed by atoms with Gasteiger partial charge in [0.05, 0.1) is 12.9 Å². The van der Waals surface area contributed by atoms with Gasteiger partial charge in [0.2, 0.25) is 0 Å². The molecule has 1 aromatic heterocycles. The molecule has 5 nitrogen and oxygen atoms in total. The summed E-state index contributed by atoms with van der Waals surface area (Å²) in [5.41, 5.74) is 1.68. The Morgan fingerprint density at radius 3 is 2.76 bits per heavy atom. The van der Waals surface area contributed by atoms with E-state index in [0.29, 0.717) is 12.3 Å². The van der Waals surface area contributed by atoms with Crippen molar-refractivity contribution in [3.8, 4) is 5.69 Å². The topological polar surface area (TPSA) is 56.1 Å². The first-order chi connectivity index (χ1) is 8.29. The largest absolute Gasteiger partial charge is 0.450 e. The fraction of sp³-hybridized carbons (Fsp3) is 0.167. The molecule has 0 saturated heterocycles. The second-order valence-electron chi connectivity index (χ2n) is 3.36. The lowest BCUT2D eigenvalue weighted by atomic mass is 10.3. The van der Waals surface area contributed by atoms with Gasteiger partial charge in [-0.3, -0.25) is 5.32 Å². The summed E-state index contributed by atoms with van der Waals surface area (Å²) in [4.78, 5) is 15.1. The smallest absolute Gasteiger partial charge is 0.411 e. The zero-order valence-electron chi connectivity index (χ0n) is 9.46. The number of amides is 1. The summed E-state index contributed by atoms with van der Waals surface area (Å²) in [7, 11) is 0. The summed E-state index contributed by atoms with van der Waals surface area (Å²) < 4.78 is 6.67. The van der Waals surface area contributed by atoms with Gasteiger partial charge in [-0.1, -0.05) is 0 Å². The number of anilines is 1. The van der Waals surface area contributed by atoms with Crippen LogP contribution in [-0.2, 0) is 4.74 Å². The zero-order chi connectivity index (χ0) is 12.1. The standard InChI is InChI=1S/C12H13N3O2/c1-2-17-12(16)14-10-3-5-11(6-4-10)15-8-7-13-9-15/h3-9H,2H2,1H3,(H,14,16). The molecule has 0 spiro atoms. The van der Waals surface area contributed by atoms with Gasteiger partial charge in [-0.15, -0.1) is 0 Å². The number of imidazole rings is 1. The molecule has 88 valence electrons. The molecule has 0 radical (unpaired) electrons. The molecular weight excluding hydrogens is 218 g/mol. The molecular formula is C12H13N3O2. The highest BCUT2D eigenvalue weighted by Gasteiger charge is 2.01. The fourth-order valence-electron chi connectivity index (χ4n) is 1.41. The Balaban J connectivity index is 2.06. The molecule has 1 heterocycles. The van der Waals surface area contributed by atoms with Gasteiger partial charge < -0.3 is 9.30 Å². The molecule has 1 amide bonds. The van der Waals surface area contributed by atoms with Crippen molar-refractivity contribution < 1.29 is 9.53 Å². The van der Waals surface area contributed by atoms with Crippen LogP contribution in [0, 0.1) is 0 Å². The van der Waals surface area contributed by atoms with Crippen molar-refractivity contribution in [2.75, 3.05) is 11.9 Å². The molecule has 0 aliphatic rings. The number of hydrogen-bond donors (Lipinski definition) is 1. The maximum atomic E-state index is 11.2. The van der Waals surface area contributed by atoms with Crippen molar-refractivity contribution in [1.82, 2.24) is 9.55 Å². The number of benzene rings is 1. The predicted octanol–water partition coefficient (Wildman–Crippen LogP) is 2.44. The van der Waals surface area contributed by atoms with Crippen LogP contribution in [0.3, 0.4) is 0 Å². The molecule has 0 aliphatic heterocycles. The van der Waals surface area contributed by atoms with Crippen LogP contribution < -0.4 is 5.32 Å². The van der Waals surface area contributed by atoms with Crippen molar-refractivity contribution in [3.63, 3.8) is 0 Å². The van der Waals surface area contributed by atoms with Gasteiger partial charge in [0.15, 0.2) is 0 Å². The van der Waals surface area contributed by atoms with Crippen molar-refractivity contribution in [2.45, 2.75) is 6.92 Å². The van der Waals surface area contributed by atoms with Crippen LogP contribution >= 0.6 is 0 Å². The minimum Gasteiger partial charge on any atom is -0.450 e. The van der Waals surface area contributed by atoms with E-state index in [-0.39, 0.29) is 0 Å². The first-order valence-corrected chi connectivity index (χ1v) is 5.32. The van der Waals surface area contributed by atoms with Crippen molar-refractivity contribution in [1.29, 1.82) is 0 Å². The van der Waals surface area contributed by atoms with E-state index in [1.54, 1.807) is 19.4 Å². The Bertz CT molecular complexity index is 477. The summed E-state index contributed by atoms with van der Waals surface area (Å²) in [6.45, 7) is 2.13. The van der Waals surface area contributed by atoms with E-state index in [2.05, 4.69) is 10.3 Å². The zero-order valence-corrected chi connectivity index (χ0v) is 9.46. The van der Waals surface area contributed by atoms with E-state index in [1.807, 2.05) is 35.0 Å². The molecule has 0 bridgehead atoms. The number of nitrogens with one attached hydrogen (secondary N) is 1. The molecule has 2 aromatic rings. The first-order valence-electron chi connectivity index (χ1n) is 5.32. The Kier molecular flexibility index (Phi) is 3.40. The lowest BCUT2D eigenvalue weighted by Crippen LogP contribution is -2.13. The Morgan fingerprint density at radius 2 is 2.18 bits per heavy atom. The average molecular weight is 231 g/mol. The van der Waals surface area contributed by atoms with E-state index in [4.69, 9.17) is 4.74 Å². The number of aromatic nitrogens is 2. The van der Waals surface area contributed by atoms with Gasteiger partial charge in [0.1, 0.15) is 0 Å². The molecule has 0 atom stereocenters. The first kappa shape index (κ1) is 11.2. The van der Waals surface area contributed by atoms with E-state index >= 15 is 0 Å². The third-order valence-corrected chi connectivity index (χ3v) is 2.19. The van der Waals surface area contributed by atoms with Crippen molar-refractivity contribution >= 4 is 11.8 Å². The number of carbonyl (C=O) groups is 1. The highest BCUT2D eigenvalue weighted by atomic mass is 16.5. The third-order valence-electron chi connectivity index (χ3n) is 2.19. The normalized spacial score (nSPS) is 9.94. The van der Waals surface area contributed by atoms with Crippen molar-refractivity contribution in [3.05, 3.63) is 43.0 Å². The van der Waals surface area contributed by atoms with Crippen LogP contribution in [0.15, 0.2) is 43.0 Å². The van der Waals surface area contributed by atoms with E-state index < -0.39 is 6.09 Å². The Hall–Kier alpha value is -2.30. The number of hydrogen-bond acceptors (Lipinski definition) is 3. The fourth-order valence-corrected chi connectivity index (χ4v) is 1.41. The second-order valence-corrected chi connectivity index (χ2v) is 3.36. The lowest BCUT2D eigenvalue weighted by molar-refractivity contribution is 0.168. The minimum absolute atomic E-state index is 0.360. The highest BCUT2D eigenvalue weighted by Crippen LogP contribution is 2.13. The van der Waals surface area contributed by atoms with Crippen LogP contribution in [0.4, 0.5) is 10.5 Å². The Morgan fingerprint density at radius 1 is 1.41 bits per heavy atom. The van der Waals surface area contributed by atoms with E-state index in [9.17, 15) is 4.79 Å². The van der Waals surface area contributed by atoms with E-state index in [0.717, 1.165) is 5.69 Å². The minimum atomic E-state index is -0.442. The van der Waals surface area contributed by atoms with Gasteiger partial charge in [-0.25, -0.2) is 9.78 Å². The van der Waals surface area contributed by atoms with Crippen LogP contribution in [0.1, 0.15) is 6.92 Å². The number of rotatable bonds is 3. The average Bonchev–Trinajstić information content (AvgIpc) is 2.84. The van der Waals surface area contributed by atoms with Gasteiger partial charge >= 0.3 is 6.09 Å². The molecule has 2 rings (SSSR count). The molecule has 0 unspecified atom stereocenters. The summed E-state index contributed by atoms with van der Waals surface area (Å²) in [6, 6.07) is 7.41. The van der Waals surface area contributed by atoms with E-state index in [1.165, 1.54) is 0 Å². The SMILES string of the molecule is CCOC(=O)Nc1ccc(-n2ccnc2)cc1. The third kappa shape index (κ3) is 2.84. The maximum absolute atomic E-state index is 11.2. The quantitative estimate of drug-likeness (QED) is 0.882. The molecule has 5 heteroatoms. The molecule has 17 heavy (non-hydrogen) atoms. The van der Waals surface area contributed by atoms with Crippen LogP contribution in [-0.4, -0.2) is 22.3 Å². The van der Waals surface area contributed by atoms with Crippen LogP contribution in [0.2, 0.25) is 0 Å². The summed E-state index contributed by atoms with van der Waals surface area (Å²) in [6.07, 6.45) is 4.84. The molecule has 1 N–H and O–H groups in total. The second kappa shape index (κ2) is 5.16. The summed E-state index contributed by atoms with van der Waals surface area (Å²) in [5, 5.41) is 2.63. The monoisotopic (exact) mass is 231 g/mol. The molecule has 0 saturated carbocycles. The van der Waals surface area contributed by atoms with Crippen molar-refractivity contribution in [2.24, 2.45) is 0 Å². The molecule has 0 aliphatic carbocycles. The molecule has 1 aromatic carbocycles. The van der Waals surface area contributed by atoms with Crippen LogP contribution in [0.5, 0.6) is 0 Å². The predicted molar refractivity (Wildman–Crippen MR) is 64.2 cm³/mol. The van der Waals surface area contributed by atoms with Gasteiger partial charge in [0.25, 0.3) is 0 Å². The summed E-state index contributed by atoms with van der Waals surface area (Å²) >= 11 is 0. The van der Waals surface area contributed by atoms with Gasteiger partial charge in [-0.05, 0) is 31.2 Å². The molecule has 0 fully saturated rings. The Labute approximate surface area is 99.0 Å². The van der Waals surface area contributed by atoms with Crippen LogP contribution in [0.25, 0.3) is 5.69 Å². The highest BCUT2D eigenvalue weighted by molar-refractivity contribution is 5.84. The van der Waals surface area contributed by atoms with Gasteiger partial charge in [0, 0.05) is 23.8 Å². The summed E-state index contributed by atoms with van der Waals surface area (Å²) in [5.74, 6) is 0.